The molecule has 3 aromatic rings. The first-order chi connectivity index (χ1) is 19.5. The van der Waals surface area contributed by atoms with E-state index in [9.17, 15) is 4.79 Å². The number of nitrogens with zero attached hydrogens (tertiary/aromatic N) is 3. The third-order valence-electron chi connectivity index (χ3n) is 6.87. The molecule has 0 aliphatic carbocycles. The minimum Gasteiger partial charge on any atom is -0.490 e. The van der Waals surface area contributed by atoms with Gasteiger partial charge in [0.05, 0.1) is 17.2 Å². The maximum atomic E-state index is 13.2. The van der Waals surface area contributed by atoms with Gasteiger partial charge in [-0.2, -0.15) is 0 Å². The van der Waals surface area contributed by atoms with E-state index >= 15 is 0 Å². The fourth-order valence-electron chi connectivity index (χ4n) is 4.77. The Labute approximate surface area is 245 Å². The molecule has 0 aromatic heterocycles. The number of hydrogen-bond acceptors (Lipinski definition) is 6. The van der Waals surface area contributed by atoms with Crippen molar-refractivity contribution < 1.29 is 14.3 Å². The van der Waals surface area contributed by atoms with Gasteiger partial charge in [0.25, 0.3) is 5.91 Å². The van der Waals surface area contributed by atoms with Gasteiger partial charge in [0.1, 0.15) is 6.61 Å². The Kier molecular flexibility index (Phi) is 9.34. The summed E-state index contributed by atoms with van der Waals surface area (Å²) < 4.78 is 11.9. The summed E-state index contributed by atoms with van der Waals surface area (Å²) in [5, 5.41) is 1.38. The van der Waals surface area contributed by atoms with Crippen LogP contribution < -0.4 is 14.4 Å². The van der Waals surface area contributed by atoms with E-state index in [4.69, 9.17) is 26.1 Å². The topological polar surface area (TPSA) is 54.4 Å². The van der Waals surface area contributed by atoms with E-state index in [1.54, 1.807) is 4.90 Å². The van der Waals surface area contributed by atoms with Crippen molar-refractivity contribution in [3.63, 3.8) is 0 Å². The molecule has 2 saturated heterocycles. The second-order valence-electron chi connectivity index (χ2n) is 9.67. The highest BCUT2D eigenvalue weighted by molar-refractivity contribution is 8.18. The maximum absolute atomic E-state index is 13.2. The molecule has 0 N–H and O–H groups in total. The number of thioether (sulfide) groups is 1. The van der Waals surface area contributed by atoms with E-state index < -0.39 is 0 Å². The average Bonchev–Trinajstić information content (AvgIpc) is 3.27. The first-order valence-corrected chi connectivity index (χ1v) is 15.0. The van der Waals surface area contributed by atoms with Crippen LogP contribution in [0.3, 0.4) is 0 Å². The SMILES string of the molecule is CCOc1cc(/C=C2\SC(=Nc3ccc(N4CCCCC4)cc3)N(CC)C2=O)ccc1OCc1ccc(Cl)cc1. The lowest BCUT2D eigenvalue weighted by Gasteiger charge is -2.28. The van der Waals surface area contributed by atoms with Crippen LogP contribution in [0.1, 0.15) is 44.2 Å². The number of likely N-dealkylation sites (N-methyl/N-ethyl adjacent to an activating group) is 1. The van der Waals surface area contributed by atoms with Gasteiger partial charge in [-0.15, -0.1) is 0 Å². The lowest BCUT2D eigenvalue weighted by atomic mass is 10.1. The van der Waals surface area contributed by atoms with Crippen molar-refractivity contribution in [3.8, 4) is 11.5 Å². The number of ether oxygens (including phenoxy) is 2. The zero-order valence-corrected chi connectivity index (χ0v) is 24.5. The number of carbonyl (C=O) groups excluding carboxylic acids is 1. The highest BCUT2D eigenvalue weighted by Crippen LogP contribution is 2.36. The van der Waals surface area contributed by atoms with Crippen LogP contribution in [0.5, 0.6) is 11.5 Å². The smallest absolute Gasteiger partial charge is 0.266 e. The number of carbonyl (C=O) groups is 1. The van der Waals surface area contributed by atoms with Gasteiger partial charge < -0.3 is 14.4 Å². The number of amides is 1. The summed E-state index contributed by atoms with van der Waals surface area (Å²) in [6.07, 6.45) is 5.69. The molecule has 2 fully saturated rings. The molecule has 0 saturated carbocycles. The summed E-state index contributed by atoms with van der Waals surface area (Å²) in [4.78, 5) is 22.9. The summed E-state index contributed by atoms with van der Waals surface area (Å²) in [6, 6.07) is 21.6. The van der Waals surface area contributed by atoms with Crippen molar-refractivity contribution in [3.05, 3.63) is 87.8 Å². The Morgan fingerprint density at radius 1 is 0.925 bits per heavy atom. The fourth-order valence-corrected chi connectivity index (χ4v) is 5.95. The van der Waals surface area contributed by atoms with E-state index in [1.165, 1.54) is 36.7 Å². The molecule has 0 unspecified atom stereocenters. The van der Waals surface area contributed by atoms with Crippen molar-refractivity contribution in [1.82, 2.24) is 4.90 Å². The normalized spacial score (nSPS) is 17.6. The van der Waals surface area contributed by atoms with E-state index in [0.29, 0.717) is 46.4 Å². The molecule has 3 aromatic carbocycles. The van der Waals surface area contributed by atoms with Gasteiger partial charge in [0, 0.05) is 30.3 Å². The molecule has 8 heteroatoms. The van der Waals surface area contributed by atoms with Gasteiger partial charge in [-0.25, -0.2) is 4.99 Å². The van der Waals surface area contributed by atoms with Crippen molar-refractivity contribution in [2.24, 2.45) is 4.99 Å². The number of rotatable bonds is 9. The van der Waals surface area contributed by atoms with Crippen molar-refractivity contribution in [1.29, 1.82) is 0 Å². The molecule has 2 aliphatic rings. The number of hydrogen-bond donors (Lipinski definition) is 0. The number of halogens is 1. The Morgan fingerprint density at radius 2 is 1.68 bits per heavy atom. The van der Waals surface area contributed by atoms with Crippen LogP contribution in [0.25, 0.3) is 6.08 Å². The van der Waals surface area contributed by atoms with Gasteiger partial charge >= 0.3 is 0 Å². The lowest BCUT2D eigenvalue weighted by Crippen LogP contribution is -2.29. The molecule has 0 radical (unpaired) electrons. The van der Waals surface area contributed by atoms with Crippen molar-refractivity contribution in [2.45, 2.75) is 39.7 Å². The fraction of sp³-hybridized carbons (Fsp3) is 0.312. The predicted octanol–water partition coefficient (Wildman–Crippen LogP) is 7.93. The van der Waals surface area contributed by atoms with Crippen LogP contribution in [0.4, 0.5) is 11.4 Å². The van der Waals surface area contributed by atoms with Gasteiger partial charge in [-0.1, -0.05) is 29.8 Å². The third-order valence-corrected chi connectivity index (χ3v) is 8.13. The monoisotopic (exact) mass is 575 g/mol. The predicted molar refractivity (Wildman–Crippen MR) is 166 cm³/mol. The second-order valence-corrected chi connectivity index (χ2v) is 11.1. The van der Waals surface area contributed by atoms with Crippen LogP contribution in [0, 0.1) is 0 Å². The van der Waals surface area contributed by atoms with Gasteiger partial charge in [0.15, 0.2) is 16.7 Å². The van der Waals surface area contributed by atoms with Gasteiger partial charge in [-0.05, 0) is 111 Å². The van der Waals surface area contributed by atoms with Crippen LogP contribution >= 0.6 is 23.4 Å². The molecule has 0 bridgehead atoms. The quantitative estimate of drug-likeness (QED) is 0.242. The second kappa shape index (κ2) is 13.3. The Morgan fingerprint density at radius 3 is 2.38 bits per heavy atom. The highest BCUT2D eigenvalue weighted by Gasteiger charge is 2.32. The number of piperidine rings is 1. The number of anilines is 1. The summed E-state index contributed by atoms with van der Waals surface area (Å²) in [7, 11) is 0. The lowest BCUT2D eigenvalue weighted by molar-refractivity contribution is -0.122. The maximum Gasteiger partial charge on any atom is 0.266 e. The van der Waals surface area contributed by atoms with Crippen molar-refractivity contribution >= 4 is 51.9 Å². The molecule has 2 aliphatic heterocycles. The van der Waals surface area contributed by atoms with Crippen LogP contribution in [-0.2, 0) is 11.4 Å². The highest BCUT2D eigenvalue weighted by atomic mass is 35.5. The molecular formula is C32H34ClN3O3S. The standard InChI is InChI=1S/C32H34ClN3O3S/c1-3-36-31(37)30(40-32(36)34-26-13-15-27(16-14-26)35-18-6-5-7-19-35)21-24-10-17-28(29(20-24)38-4-2)39-22-23-8-11-25(33)12-9-23/h8-17,20-21H,3-7,18-19,22H2,1-2H3/b30-21-,34-32?. The first kappa shape index (κ1) is 28.1. The third kappa shape index (κ3) is 6.83. The summed E-state index contributed by atoms with van der Waals surface area (Å²) >= 11 is 7.39. The zero-order chi connectivity index (χ0) is 27.9. The average molecular weight is 576 g/mol. The molecule has 0 atom stereocenters. The first-order valence-electron chi connectivity index (χ1n) is 13.8. The Balaban J connectivity index is 1.32. The van der Waals surface area contributed by atoms with Gasteiger partial charge in [0.2, 0.25) is 0 Å². The zero-order valence-electron chi connectivity index (χ0n) is 22.9. The van der Waals surface area contributed by atoms with E-state index in [1.807, 2.05) is 74.5 Å². The Bertz CT molecular complexity index is 1380. The molecule has 5 rings (SSSR count). The van der Waals surface area contributed by atoms with Crippen LogP contribution in [0.2, 0.25) is 5.02 Å². The van der Waals surface area contributed by atoms with Gasteiger partial charge in [-0.3, -0.25) is 9.69 Å². The molecule has 208 valence electrons. The molecule has 0 spiro atoms. The number of benzene rings is 3. The van der Waals surface area contributed by atoms with Crippen molar-refractivity contribution in [2.75, 3.05) is 31.1 Å². The summed E-state index contributed by atoms with van der Waals surface area (Å²) in [5.41, 5.74) is 3.95. The number of aliphatic imine (C=N–C) groups is 1. The van der Waals surface area contributed by atoms with E-state index in [2.05, 4.69) is 17.0 Å². The van der Waals surface area contributed by atoms with E-state index in [0.717, 1.165) is 29.9 Å². The molecule has 2 heterocycles. The molecule has 6 nitrogen and oxygen atoms in total. The summed E-state index contributed by atoms with van der Waals surface area (Å²) in [6.45, 7) is 7.57. The molecule has 1 amide bonds. The minimum absolute atomic E-state index is 0.0442. The summed E-state index contributed by atoms with van der Waals surface area (Å²) in [5.74, 6) is 1.24. The molecular weight excluding hydrogens is 542 g/mol. The van der Waals surface area contributed by atoms with Crippen LogP contribution in [0.15, 0.2) is 76.6 Å². The largest absolute Gasteiger partial charge is 0.490 e. The minimum atomic E-state index is -0.0442. The Hall–Kier alpha value is -3.42. The van der Waals surface area contributed by atoms with E-state index in [-0.39, 0.29) is 5.91 Å². The van der Waals surface area contributed by atoms with Crippen LogP contribution in [-0.4, -0.2) is 42.2 Å². The number of amidine groups is 1. The molecule has 40 heavy (non-hydrogen) atoms.